The summed E-state index contributed by atoms with van der Waals surface area (Å²) in [6.45, 7) is 4.53. The van der Waals surface area contributed by atoms with Crippen LogP contribution in [0, 0.1) is 13.8 Å². The SMILES string of the molecule is Cc1ccc2nc(CN(C)CC(=O)N(C)c3ccccc3C)[nH]c(=O)c2c1. The maximum Gasteiger partial charge on any atom is 0.258 e. The number of aromatic nitrogens is 2. The van der Waals surface area contributed by atoms with E-state index < -0.39 is 0 Å². The van der Waals surface area contributed by atoms with Crippen LogP contribution in [0.5, 0.6) is 0 Å². The molecular weight excluding hydrogens is 340 g/mol. The molecule has 27 heavy (non-hydrogen) atoms. The van der Waals surface area contributed by atoms with Gasteiger partial charge in [-0.3, -0.25) is 14.5 Å². The minimum absolute atomic E-state index is 0.0226. The maximum atomic E-state index is 12.6. The fourth-order valence-electron chi connectivity index (χ4n) is 3.10. The molecule has 0 saturated carbocycles. The molecule has 3 rings (SSSR count). The first-order chi connectivity index (χ1) is 12.8. The predicted molar refractivity (Wildman–Crippen MR) is 108 cm³/mol. The molecule has 0 aliphatic heterocycles. The lowest BCUT2D eigenvalue weighted by Gasteiger charge is -2.23. The number of likely N-dealkylation sites (N-methyl/N-ethyl adjacent to an activating group) is 2. The molecule has 1 heterocycles. The number of carbonyl (C=O) groups is 1. The first kappa shape index (κ1) is 18.8. The number of carbonyl (C=O) groups excluding carboxylic acids is 1. The summed E-state index contributed by atoms with van der Waals surface area (Å²) < 4.78 is 0. The zero-order valence-corrected chi connectivity index (χ0v) is 16.1. The second kappa shape index (κ2) is 7.72. The van der Waals surface area contributed by atoms with Crippen LogP contribution in [-0.4, -0.2) is 41.4 Å². The summed E-state index contributed by atoms with van der Waals surface area (Å²) in [5.74, 6) is 0.524. The average Bonchev–Trinajstić information content (AvgIpc) is 2.62. The first-order valence-electron chi connectivity index (χ1n) is 8.85. The molecule has 0 spiro atoms. The van der Waals surface area contributed by atoms with E-state index in [1.165, 1.54) is 0 Å². The largest absolute Gasteiger partial charge is 0.314 e. The lowest BCUT2D eigenvalue weighted by atomic mass is 10.2. The molecule has 0 aliphatic carbocycles. The van der Waals surface area contributed by atoms with Crippen LogP contribution in [0.1, 0.15) is 17.0 Å². The Morgan fingerprint density at radius 3 is 2.59 bits per heavy atom. The van der Waals surface area contributed by atoms with E-state index in [1.807, 2.05) is 68.3 Å². The lowest BCUT2D eigenvalue weighted by Crippen LogP contribution is -2.37. The van der Waals surface area contributed by atoms with E-state index in [0.717, 1.165) is 16.8 Å². The highest BCUT2D eigenvalue weighted by Crippen LogP contribution is 2.18. The number of aromatic amines is 1. The number of nitrogens with one attached hydrogen (secondary N) is 1. The summed E-state index contributed by atoms with van der Waals surface area (Å²) in [4.78, 5) is 35.7. The van der Waals surface area contributed by atoms with Crippen LogP contribution in [0.3, 0.4) is 0 Å². The van der Waals surface area contributed by atoms with Gasteiger partial charge in [0.1, 0.15) is 5.82 Å². The van der Waals surface area contributed by atoms with Crippen molar-refractivity contribution in [2.75, 3.05) is 25.5 Å². The summed E-state index contributed by atoms with van der Waals surface area (Å²) in [6.07, 6.45) is 0. The van der Waals surface area contributed by atoms with Crippen LogP contribution in [0.4, 0.5) is 5.69 Å². The van der Waals surface area contributed by atoms with Crippen LogP contribution in [-0.2, 0) is 11.3 Å². The minimum atomic E-state index is -0.157. The van der Waals surface area contributed by atoms with Gasteiger partial charge >= 0.3 is 0 Å². The second-order valence-electron chi connectivity index (χ2n) is 6.94. The van der Waals surface area contributed by atoms with Crippen LogP contribution >= 0.6 is 0 Å². The fraction of sp³-hybridized carbons (Fsp3) is 0.286. The Balaban J connectivity index is 1.72. The van der Waals surface area contributed by atoms with Crippen molar-refractivity contribution < 1.29 is 4.79 Å². The number of H-pyrrole nitrogens is 1. The van der Waals surface area contributed by atoms with E-state index in [4.69, 9.17) is 0 Å². The van der Waals surface area contributed by atoms with E-state index in [2.05, 4.69) is 9.97 Å². The van der Waals surface area contributed by atoms with Crippen LogP contribution in [0.2, 0.25) is 0 Å². The van der Waals surface area contributed by atoms with Crippen molar-refractivity contribution in [1.29, 1.82) is 0 Å². The Bertz CT molecular complexity index is 1040. The quantitative estimate of drug-likeness (QED) is 0.756. The molecule has 1 N–H and O–H groups in total. The van der Waals surface area contributed by atoms with Crippen molar-refractivity contribution in [3.05, 3.63) is 69.8 Å². The molecule has 0 aliphatic rings. The third-order valence-electron chi connectivity index (χ3n) is 4.59. The predicted octanol–water partition coefficient (Wildman–Crippen LogP) is 2.63. The number of amides is 1. The van der Waals surface area contributed by atoms with Gasteiger partial charge in [0.2, 0.25) is 5.91 Å². The third kappa shape index (κ3) is 4.23. The molecular formula is C21H24N4O2. The molecule has 6 heteroatoms. The van der Waals surface area contributed by atoms with Crippen molar-refractivity contribution in [3.63, 3.8) is 0 Å². The first-order valence-corrected chi connectivity index (χ1v) is 8.85. The van der Waals surface area contributed by atoms with Gasteiger partial charge in [-0.2, -0.15) is 0 Å². The number of para-hydroxylation sites is 1. The highest BCUT2D eigenvalue weighted by molar-refractivity contribution is 5.94. The number of hydrogen-bond donors (Lipinski definition) is 1. The molecule has 140 valence electrons. The monoisotopic (exact) mass is 364 g/mol. The van der Waals surface area contributed by atoms with E-state index in [9.17, 15) is 9.59 Å². The van der Waals surface area contributed by atoms with Gasteiger partial charge in [-0.05, 0) is 44.7 Å². The standard InChI is InChI=1S/C21H24N4O2/c1-14-9-10-17-16(11-14)21(27)23-19(22-17)12-24(3)13-20(26)25(4)18-8-6-5-7-15(18)2/h5-11H,12-13H2,1-4H3,(H,22,23,27). The molecule has 3 aromatic rings. The van der Waals surface area contributed by atoms with Gasteiger partial charge < -0.3 is 9.88 Å². The average molecular weight is 364 g/mol. The third-order valence-corrected chi connectivity index (χ3v) is 4.59. The summed E-state index contributed by atoms with van der Waals surface area (Å²) >= 11 is 0. The summed E-state index contributed by atoms with van der Waals surface area (Å²) in [7, 11) is 3.61. The topological polar surface area (TPSA) is 69.3 Å². The Morgan fingerprint density at radius 1 is 1.11 bits per heavy atom. The number of fused-ring (bicyclic) bond motifs is 1. The lowest BCUT2D eigenvalue weighted by molar-refractivity contribution is -0.119. The van der Waals surface area contributed by atoms with Gasteiger partial charge in [0.05, 0.1) is 24.0 Å². The Labute approximate surface area is 158 Å². The summed E-state index contributed by atoms with van der Waals surface area (Å²) in [6, 6.07) is 13.4. The van der Waals surface area contributed by atoms with Gasteiger partial charge in [-0.1, -0.05) is 29.8 Å². The zero-order valence-electron chi connectivity index (χ0n) is 16.1. The Kier molecular flexibility index (Phi) is 5.37. The molecule has 0 unspecified atom stereocenters. The normalized spacial score (nSPS) is 11.1. The number of aryl methyl sites for hydroxylation is 2. The second-order valence-corrected chi connectivity index (χ2v) is 6.94. The maximum absolute atomic E-state index is 12.6. The number of nitrogens with zero attached hydrogens (tertiary/aromatic N) is 3. The molecule has 2 aromatic carbocycles. The minimum Gasteiger partial charge on any atom is -0.314 e. The van der Waals surface area contributed by atoms with Crippen LogP contribution < -0.4 is 10.5 Å². The number of benzene rings is 2. The van der Waals surface area contributed by atoms with Gasteiger partial charge in [-0.25, -0.2) is 4.98 Å². The highest BCUT2D eigenvalue weighted by atomic mass is 16.2. The van der Waals surface area contributed by atoms with E-state index >= 15 is 0 Å². The van der Waals surface area contributed by atoms with Crippen molar-refractivity contribution in [1.82, 2.24) is 14.9 Å². The van der Waals surface area contributed by atoms with Crippen molar-refractivity contribution in [3.8, 4) is 0 Å². The van der Waals surface area contributed by atoms with Crippen molar-refractivity contribution in [2.24, 2.45) is 0 Å². The van der Waals surface area contributed by atoms with Crippen molar-refractivity contribution >= 4 is 22.5 Å². The Hall–Kier alpha value is -2.99. The zero-order chi connectivity index (χ0) is 19.6. The molecule has 0 bridgehead atoms. The molecule has 0 fully saturated rings. The van der Waals surface area contributed by atoms with Crippen LogP contribution in [0.15, 0.2) is 47.3 Å². The summed E-state index contributed by atoms with van der Waals surface area (Å²) in [5.41, 5.74) is 3.46. The molecule has 0 radical (unpaired) electrons. The smallest absolute Gasteiger partial charge is 0.258 e. The molecule has 1 aromatic heterocycles. The van der Waals surface area contributed by atoms with Crippen molar-refractivity contribution in [2.45, 2.75) is 20.4 Å². The fourth-order valence-corrected chi connectivity index (χ4v) is 3.10. The number of rotatable bonds is 5. The van der Waals surface area contributed by atoms with Gasteiger partial charge in [0.15, 0.2) is 0 Å². The molecule has 1 amide bonds. The van der Waals surface area contributed by atoms with E-state index in [1.54, 1.807) is 11.9 Å². The van der Waals surface area contributed by atoms with Gasteiger partial charge in [0.25, 0.3) is 5.56 Å². The number of anilines is 1. The van der Waals surface area contributed by atoms with E-state index in [-0.39, 0.29) is 18.0 Å². The van der Waals surface area contributed by atoms with Gasteiger partial charge in [-0.15, -0.1) is 0 Å². The van der Waals surface area contributed by atoms with Gasteiger partial charge in [0, 0.05) is 12.7 Å². The van der Waals surface area contributed by atoms with Crippen LogP contribution in [0.25, 0.3) is 10.9 Å². The Morgan fingerprint density at radius 2 is 1.85 bits per heavy atom. The number of hydrogen-bond acceptors (Lipinski definition) is 4. The summed E-state index contributed by atoms with van der Waals surface area (Å²) in [5, 5.41) is 0.580. The molecule has 6 nitrogen and oxygen atoms in total. The highest BCUT2D eigenvalue weighted by Gasteiger charge is 2.16. The van der Waals surface area contributed by atoms with E-state index in [0.29, 0.717) is 23.3 Å². The molecule has 0 saturated heterocycles. The molecule has 0 atom stereocenters.